The number of amides is 1. The molecule has 1 amide bonds. The van der Waals surface area contributed by atoms with Crippen LogP contribution in [0.2, 0.25) is 0 Å². The summed E-state index contributed by atoms with van der Waals surface area (Å²) < 4.78 is 1.62. The van der Waals surface area contributed by atoms with E-state index in [0.717, 1.165) is 17.5 Å². The molecule has 0 spiro atoms. The highest BCUT2D eigenvalue weighted by molar-refractivity contribution is 6.30. The Morgan fingerprint density at radius 2 is 1.65 bits per heavy atom. The largest absolute Gasteiger partial charge is 0.331 e. The molecule has 0 bridgehead atoms. The van der Waals surface area contributed by atoms with Crippen molar-refractivity contribution in [2.45, 2.75) is 38.6 Å². The molecule has 174 valence electrons. The zero-order valence-electron chi connectivity index (χ0n) is 19.6. The Labute approximate surface area is 204 Å². The Hall–Kier alpha value is -3.44. The number of alkyl halides is 1. The Morgan fingerprint density at radius 1 is 1.00 bits per heavy atom. The number of halogens is 1. The van der Waals surface area contributed by atoms with E-state index in [0.29, 0.717) is 29.0 Å². The maximum Gasteiger partial charge on any atom is 0.266 e. The second-order valence-corrected chi connectivity index (χ2v) is 8.88. The smallest absolute Gasteiger partial charge is 0.266 e. The number of rotatable bonds is 7. The lowest BCUT2D eigenvalue weighted by Crippen LogP contribution is -2.39. The van der Waals surface area contributed by atoms with Gasteiger partial charge in [0, 0.05) is 6.54 Å². The van der Waals surface area contributed by atoms with Crippen molar-refractivity contribution >= 4 is 28.4 Å². The number of nitrogens with zero attached hydrogens (tertiary/aromatic N) is 3. The first-order valence-corrected chi connectivity index (χ1v) is 11.9. The Kier molecular flexibility index (Phi) is 7.13. The van der Waals surface area contributed by atoms with E-state index in [4.69, 9.17) is 16.6 Å². The van der Waals surface area contributed by atoms with E-state index >= 15 is 0 Å². The van der Waals surface area contributed by atoms with Crippen molar-refractivity contribution in [1.82, 2.24) is 14.5 Å². The number of carbonyl (C=O) groups excluding carboxylic acids is 1. The van der Waals surface area contributed by atoms with Crippen molar-refractivity contribution < 1.29 is 4.79 Å². The lowest BCUT2D eigenvalue weighted by atomic mass is 10.1. The van der Waals surface area contributed by atoms with Gasteiger partial charge in [-0.1, -0.05) is 67.1 Å². The topological polar surface area (TPSA) is 55.2 Å². The van der Waals surface area contributed by atoms with E-state index < -0.39 is 11.4 Å². The molecule has 1 heterocycles. The molecule has 0 saturated carbocycles. The fourth-order valence-electron chi connectivity index (χ4n) is 4.16. The first kappa shape index (κ1) is 23.7. The molecule has 0 fully saturated rings. The molecule has 0 radical (unpaired) electrons. The third kappa shape index (κ3) is 4.62. The summed E-state index contributed by atoms with van der Waals surface area (Å²) in [5.41, 5.74) is 2.99. The minimum Gasteiger partial charge on any atom is -0.331 e. The summed E-state index contributed by atoms with van der Waals surface area (Å²) in [5.74, 6) is 0.298. The lowest BCUT2D eigenvalue weighted by Gasteiger charge is -2.32. The van der Waals surface area contributed by atoms with Crippen LogP contribution in [-0.4, -0.2) is 26.9 Å². The minimum atomic E-state index is -0.824. The van der Waals surface area contributed by atoms with Crippen LogP contribution in [0.5, 0.6) is 0 Å². The SMILES string of the molecule is CCCN(C(=O)C(Cl)c1ccccc1)C(C)c1nc2ccccc2c(=O)n1-c1ccc(C)cc1. The second-order valence-electron chi connectivity index (χ2n) is 8.44. The highest BCUT2D eigenvalue weighted by Crippen LogP contribution is 2.29. The third-order valence-electron chi connectivity index (χ3n) is 5.99. The van der Waals surface area contributed by atoms with E-state index in [1.165, 1.54) is 0 Å². The van der Waals surface area contributed by atoms with E-state index in [2.05, 4.69) is 0 Å². The van der Waals surface area contributed by atoms with Gasteiger partial charge in [-0.3, -0.25) is 14.2 Å². The molecule has 0 saturated heterocycles. The fourth-order valence-corrected chi connectivity index (χ4v) is 4.43. The molecule has 2 unspecified atom stereocenters. The van der Waals surface area contributed by atoms with Gasteiger partial charge in [-0.05, 0) is 50.1 Å². The first-order valence-electron chi connectivity index (χ1n) is 11.5. The van der Waals surface area contributed by atoms with E-state index in [-0.39, 0.29) is 11.5 Å². The average molecular weight is 474 g/mol. The van der Waals surface area contributed by atoms with Gasteiger partial charge in [0.2, 0.25) is 5.91 Å². The van der Waals surface area contributed by atoms with Crippen LogP contribution < -0.4 is 5.56 Å². The van der Waals surface area contributed by atoms with Crippen LogP contribution in [0.4, 0.5) is 0 Å². The molecule has 6 heteroatoms. The van der Waals surface area contributed by atoms with Crippen molar-refractivity contribution in [1.29, 1.82) is 0 Å². The maximum absolute atomic E-state index is 13.6. The van der Waals surface area contributed by atoms with Gasteiger partial charge >= 0.3 is 0 Å². The molecular formula is C28H28ClN3O2. The van der Waals surface area contributed by atoms with Crippen molar-refractivity contribution in [2.75, 3.05) is 6.54 Å². The minimum absolute atomic E-state index is 0.161. The predicted octanol–water partition coefficient (Wildman–Crippen LogP) is 5.97. The molecule has 4 aromatic rings. The van der Waals surface area contributed by atoms with Gasteiger partial charge in [-0.15, -0.1) is 11.6 Å². The number of aromatic nitrogens is 2. The Bertz CT molecular complexity index is 1350. The number of benzene rings is 3. The second kappa shape index (κ2) is 10.2. The molecule has 1 aromatic heterocycles. The monoisotopic (exact) mass is 473 g/mol. The van der Waals surface area contributed by atoms with Crippen molar-refractivity contribution in [3.05, 3.63) is 106 Å². The van der Waals surface area contributed by atoms with Crippen molar-refractivity contribution in [3.63, 3.8) is 0 Å². The summed E-state index contributed by atoms with van der Waals surface area (Å²) >= 11 is 6.64. The molecule has 0 N–H and O–H groups in total. The normalized spacial score (nSPS) is 12.9. The van der Waals surface area contributed by atoms with Gasteiger partial charge in [0.05, 0.1) is 22.6 Å². The molecule has 34 heavy (non-hydrogen) atoms. The Morgan fingerprint density at radius 3 is 2.32 bits per heavy atom. The van der Waals surface area contributed by atoms with Gasteiger partial charge in [-0.2, -0.15) is 0 Å². The van der Waals surface area contributed by atoms with Crippen molar-refractivity contribution in [2.24, 2.45) is 0 Å². The highest BCUT2D eigenvalue weighted by Gasteiger charge is 2.30. The number of hydrogen-bond donors (Lipinski definition) is 0. The average Bonchev–Trinajstić information content (AvgIpc) is 2.87. The van der Waals surface area contributed by atoms with Gasteiger partial charge in [0.15, 0.2) is 0 Å². The van der Waals surface area contributed by atoms with Crippen LogP contribution in [-0.2, 0) is 4.79 Å². The molecular weight excluding hydrogens is 446 g/mol. The summed E-state index contributed by atoms with van der Waals surface area (Å²) in [4.78, 5) is 33.8. The number of aryl methyl sites for hydroxylation is 1. The van der Waals surface area contributed by atoms with Crippen LogP contribution in [0.15, 0.2) is 83.7 Å². The molecule has 0 aliphatic rings. The zero-order chi connectivity index (χ0) is 24.2. The van der Waals surface area contributed by atoms with E-state index in [1.54, 1.807) is 15.5 Å². The summed E-state index contributed by atoms with van der Waals surface area (Å²) in [6.07, 6.45) is 0.747. The quantitative estimate of drug-likeness (QED) is 0.310. The fraction of sp³-hybridized carbons (Fsp3) is 0.250. The molecule has 5 nitrogen and oxygen atoms in total. The van der Waals surface area contributed by atoms with Crippen molar-refractivity contribution in [3.8, 4) is 5.69 Å². The van der Waals surface area contributed by atoms with Gasteiger partial charge in [-0.25, -0.2) is 4.98 Å². The van der Waals surface area contributed by atoms with Crippen LogP contribution >= 0.6 is 11.6 Å². The molecule has 3 aromatic carbocycles. The van der Waals surface area contributed by atoms with Crippen LogP contribution in [0.25, 0.3) is 16.6 Å². The molecule has 0 aliphatic heterocycles. The standard InChI is InChI=1S/C28H28ClN3O2/c1-4-18-31(28(34)25(29)21-10-6-5-7-11-21)20(3)26-30-24-13-9-8-12-23(24)27(33)32(26)22-16-14-19(2)15-17-22/h5-17,20,25H,4,18H2,1-3H3. The Balaban J connectivity index is 1.86. The summed E-state index contributed by atoms with van der Waals surface area (Å²) in [6, 6.07) is 23.9. The van der Waals surface area contributed by atoms with Crippen LogP contribution in [0, 0.1) is 6.92 Å². The highest BCUT2D eigenvalue weighted by atomic mass is 35.5. The van der Waals surface area contributed by atoms with Crippen LogP contribution in [0.3, 0.4) is 0 Å². The molecule has 0 aliphatic carbocycles. The molecule has 4 rings (SSSR count). The number of para-hydroxylation sites is 1. The summed E-state index contributed by atoms with van der Waals surface area (Å²) in [7, 11) is 0. The number of fused-ring (bicyclic) bond motifs is 1. The predicted molar refractivity (Wildman–Crippen MR) is 138 cm³/mol. The van der Waals surface area contributed by atoms with E-state index in [1.807, 2.05) is 93.6 Å². The first-order chi connectivity index (χ1) is 16.4. The maximum atomic E-state index is 13.6. The van der Waals surface area contributed by atoms with Crippen LogP contribution in [0.1, 0.15) is 48.6 Å². The number of hydrogen-bond acceptors (Lipinski definition) is 3. The zero-order valence-corrected chi connectivity index (χ0v) is 20.4. The van der Waals surface area contributed by atoms with Gasteiger partial charge < -0.3 is 4.90 Å². The lowest BCUT2D eigenvalue weighted by molar-refractivity contribution is -0.133. The van der Waals surface area contributed by atoms with Gasteiger partial charge in [0.25, 0.3) is 5.56 Å². The van der Waals surface area contributed by atoms with E-state index in [9.17, 15) is 9.59 Å². The summed E-state index contributed by atoms with van der Waals surface area (Å²) in [5, 5.41) is -0.290. The third-order valence-corrected chi connectivity index (χ3v) is 6.43. The number of carbonyl (C=O) groups is 1. The molecule has 2 atom stereocenters. The van der Waals surface area contributed by atoms with Gasteiger partial charge in [0.1, 0.15) is 11.2 Å². The summed E-state index contributed by atoms with van der Waals surface area (Å²) in [6.45, 7) is 6.41.